The highest BCUT2D eigenvalue weighted by atomic mass is 32.2. The number of aliphatic hydroxyl groups is 1. The molecule has 2 N–H and O–H groups in total. The van der Waals surface area contributed by atoms with Gasteiger partial charge in [0.25, 0.3) is 10.0 Å². The van der Waals surface area contributed by atoms with Crippen LogP contribution >= 0.6 is 0 Å². The molecule has 0 saturated heterocycles. The van der Waals surface area contributed by atoms with Crippen molar-refractivity contribution < 1.29 is 27.4 Å². The summed E-state index contributed by atoms with van der Waals surface area (Å²) in [5.41, 5.74) is 1.01. The molecule has 7 nitrogen and oxygen atoms in total. The lowest BCUT2D eigenvalue weighted by Crippen LogP contribution is -2.43. The van der Waals surface area contributed by atoms with Gasteiger partial charge in [0.05, 0.1) is 11.1 Å². The van der Waals surface area contributed by atoms with Gasteiger partial charge in [-0.25, -0.2) is 17.6 Å². The number of aromatic nitrogens is 1. The Bertz CT molecular complexity index is 1840. The van der Waals surface area contributed by atoms with Crippen LogP contribution in [0.25, 0.3) is 10.9 Å². The van der Waals surface area contributed by atoms with E-state index in [2.05, 4.69) is 9.71 Å². The number of fused-ring (bicyclic) bond motifs is 1. The number of cyclic esters (lactones) is 1. The number of esters is 1. The molecule has 2 heterocycles. The third-order valence-electron chi connectivity index (χ3n) is 8.33. The Kier molecular flexibility index (Phi) is 9.03. The van der Waals surface area contributed by atoms with Crippen molar-refractivity contribution in [1.82, 2.24) is 4.98 Å². The fourth-order valence-corrected chi connectivity index (χ4v) is 7.59. The van der Waals surface area contributed by atoms with Crippen LogP contribution in [-0.2, 0) is 26.0 Å². The van der Waals surface area contributed by atoms with Crippen molar-refractivity contribution in [2.24, 2.45) is 5.41 Å². The molecule has 0 bridgehead atoms. The Morgan fingerprint density at radius 2 is 1.73 bits per heavy atom. The van der Waals surface area contributed by atoms with Gasteiger partial charge in [-0.3, -0.25) is 9.71 Å². The van der Waals surface area contributed by atoms with Gasteiger partial charge in [0, 0.05) is 29.6 Å². The first-order chi connectivity index (χ1) is 21.3. The van der Waals surface area contributed by atoms with Crippen LogP contribution in [0.4, 0.5) is 10.1 Å². The first kappa shape index (κ1) is 32.2. The number of nitrogens with one attached hydrogen (secondary N) is 1. The highest BCUT2D eigenvalue weighted by molar-refractivity contribution is 7.93. The number of aliphatic hydroxyl groups excluding tert-OH is 1. The molecule has 0 spiro atoms. The summed E-state index contributed by atoms with van der Waals surface area (Å²) in [6.45, 7) is 7.90. The highest BCUT2D eigenvalue weighted by Gasteiger charge is 2.46. The van der Waals surface area contributed by atoms with Gasteiger partial charge in [-0.2, -0.15) is 0 Å². The molecule has 2 unspecified atom stereocenters. The number of carbonyl (C=O) groups is 1. The maximum atomic E-state index is 13.8. The third-order valence-corrected chi connectivity index (χ3v) is 9.74. The minimum atomic E-state index is -4.00. The standard InChI is InChI=1S/C36H39FN2O5S/c1-5-19-36(20-18-24-14-16-27(37)17-15-24)23-29(40)31(34(41)44-36)32(35(2,3)4)26-10-6-12-28(22-26)39-45(42,43)30-13-7-9-25-11-8-21-38-33(25)30/h6-17,21-22,32,39-40H,5,18-20,23H2,1-4H3. The summed E-state index contributed by atoms with van der Waals surface area (Å²) in [7, 11) is -4.00. The third kappa shape index (κ3) is 7.04. The van der Waals surface area contributed by atoms with Crippen LogP contribution < -0.4 is 4.72 Å². The first-order valence-corrected chi connectivity index (χ1v) is 16.7. The summed E-state index contributed by atoms with van der Waals surface area (Å²) < 4.78 is 49.3. The molecule has 0 fully saturated rings. The summed E-state index contributed by atoms with van der Waals surface area (Å²) in [5, 5.41) is 12.3. The van der Waals surface area contributed by atoms with E-state index in [4.69, 9.17) is 4.74 Å². The van der Waals surface area contributed by atoms with Crippen molar-refractivity contribution in [2.45, 2.75) is 76.2 Å². The number of ether oxygens (including phenoxy) is 1. The van der Waals surface area contributed by atoms with Gasteiger partial charge in [-0.1, -0.05) is 76.6 Å². The second-order valence-electron chi connectivity index (χ2n) is 12.8. The van der Waals surface area contributed by atoms with Crippen molar-refractivity contribution >= 4 is 32.6 Å². The number of hydrogen-bond acceptors (Lipinski definition) is 6. The zero-order valence-electron chi connectivity index (χ0n) is 26.0. The number of carbonyl (C=O) groups excluding carboxylic acids is 1. The molecule has 3 aromatic carbocycles. The molecule has 4 aromatic rings. The van der Waals surface area contributed by atoms with E-state index in [1.165, 1.54) is 18.2 Å². The largest absolute Gasteiger partial charge is 0.512 e. The van der Waals surface area contributed by atoms with Crippen LogP contribution in [0, 0.1) is 11.2 Å². The number of sulfonamides is 1. The molecule has 236 valence electrons. The number of halogens is 1. The van der Waals surface area contributed by atoms with Crippen molar-refractivity contribution in [2.75, 3.05) is 4.72 Å². The number of rotatable bonds is 10. The molecule has 45 heavy (non-hydrogen) atoms. The molecule has 2 atom stereocenters. The molecular weight excluding hydrogens is 591 g/mol. The Hall–Kier alpha value is -4.24. The fourth-order valence-electron chi connectivity index (χ4n) is 6.36. The average molecular weight is 631 g/mol. The summed E-state index contributed by atoms with van der Waals surface area (Å²) in [6.07, 6.45) is 4.07. The lowest BCUT2D eigenvalue weighted by Gasteiger charge is -2.41. The van der Waals surface area contributed by atoms with E-state index < -0.39 is 32.9 Å². The second-order valence-corrected chi connectivity index (χ2v) is 14.5. The fraction of sp³-hybridized carbons (Fsp3) is 0.333. The minimum absolute atomic E-state index is 0.0217. The summed E-state index contributed by atoms with van der Waals surface area (Å²) in [5.74, 6) is -1.51. The first-order valence-electron chi connectivity index (χ1n) is 15.2. The van der Waals surface area contributed by atoms with Gasteiger partial charge in [-0.15, -0.1) is 0 Å². The Balaban J connectivity index is 1.46. The van der Waals surface area contributed by atoms with Gasteiger partial charge < -0.3 is 9.84 Å². The van der Waals surface area contributed by atoms with Gasteiger partial charge in [0.15, 0.2) is 0 Å². The van der Waals surface area contributed by atoms with E-state index in [1.807, 2.05) is 33.8 Å². The topological polar surface area (TPSA) is 106 Å². The van der Waals surface area contributed by atoms with Crippen LogP contribution in [0.15, 0.2) is 101 Å². The van der Waals surface area contributed by atoms with Crippen LogP contribution in [0.5, 0.6) is 0 Å². The zero-order valence-corrected chi connectivity index (χ0v) is 26.8. The van der Waals surface area contributed by atoms with Crippen molar-refractivity contribution in [3.05, 3.63) is 113 Å². The molecule has 9 heteroatoms. The maximum Gasteiger partial charge on any atom is 0.338 e. The van der Waals surface area contributed by atoms with Crippen molar-refractivity contribution in [3.8, 4) is 0 Å². The normalized spacial score (nSPS) is 18.1. The molecule has 1 aliphatic rings. The molecule has 1 aromatic heterocycles. The predicted molar refractivity (Wildman–Crippen MR) is 174 cm³/mol. The van der Waals surface area contributed by atoms with E-state index in [-0.39, 0.29) is 28.5 Å². The number of anilines is 1. The smallest absolute Gasteiger partial charge is 0.338 e. The average Bonchev–Trinajstić information content (AvgIpc) is 2.98. The second kappa shape index (κ2) is 12.6. The molecule has 1 aliphatic heterocycles. The Morgan fingerprint density at radius 1 is 1.02 bits per heavy atom. The van der Waals surface area contributed by atoms with Gasteiger partial charge >= 0.3 is 5.97 Å². The van der Waals surface area contributed by atoms with Crippen LogP contribution in [0.2, 0.25) is 0 Å². The van der Waals surface area contributed by atoms with E-state index in [0.29, 0.717) is 41.4 Å². The summed E-state index contributed by atoms with van der Waals surface area (Å²) in [6, 6.07) is 21.7. The number of para-hydroxylation sites is 1. The lowest BCUT2D eigenvalue weighted by molar-refractivity contribution is -0.161. The molecular formula is C36H39FN2O5S. The number of nitrogens with zero attached hydrogens (tertiary/aromatic N) is 1. The van der Waals surface area contributed by atoms with Gasteiger partial charge in [0.2, 0.25) is 0 Å². The van der Waals surface area contributed by atoms with Crippen molar-refractivity contribution in [3.63, 3.8) is 0 Å². The molecule has 0 saturated carbocycles. The minimum Gasteiger partial charge on any atom is -0.512 e. The quantitative estimate of drug-likeness (QED) is 0.171. The monoisotopic (exact) mass is 630 g/mol. The number of pyridine rings is 1. The molecule has 5 rings (SSSR count). The lowest BCUT2D eigenvalue weighted by atomic mass is 9.70. The Labute approximate surface area is 264 Å². The van der Waals surface area contributed by atoms with E-state index >= 15 is 0 Å². The van der Waals surface area contributed by atoms with Crippen LogP contribution in [-0.4, -0.2) is 30.1 Å². The molecule has 0 amide bonds. The van der Waals surface area contributed by atoms with E-state index in [1.54, 1.807) is 60.8 Å². The van der Waals surface area contributed by atoms with E-state index in [9.17, 15) is 22.7 Å². The summed E-state index contributed by atoms with van der Waals surface area (Å²) in [4.78, 5) is 18.2. The van der Waals surface area contributed by atoms with Gasteiger partial charge in [-0.05, 0) is 72.2 Å². The molecule has 0 radical (unpaired) electrons. The number of aryl methyl sites for hydroxylation is 1. The van der Waals surface area contributed by atoms with Crippen LogP contribution in [0.1, 0.15) is 70.4 Å². The SMILES string of the molecule is CCCC1(CCc2ccc(F)cc2)CC(O)=C(C(c2cccc(NS(=O)(=O)c3cccc4cccnc34)c2)C(C)(C)C)C(=O)O1. The number of hydrogen-bond donors (Lipinski definition) is 2. The van der Waals surface area contributed by atoms with Crippen LogP contribution in [0.3, 0.4) is 0 Å². The predicted octanol–water partition coefficient (Wildman–Crippen LogP) is 8.24. The Morgan fingerprint density at radius 3 is 2.42 bits per heavy atom. The summed E-state index contributed by atoms with van der Waals surface area (Å²) >= 11 is 0. The molecule has 0 aliphatic carbocycles. The van der Waals surface area contributed by atoms with Crippen molar-refractivity contribution in [1.29, 1.82) is 0 Å². The number of benzene rings is 3. The van der Waals surface area contributed by atoms with Gasteiger partial charge in [0.1, 0.15) is 22.1 Å². The van der Waals surface area contributed by atoms with E-state index in [0.717, 1.165) is 12.0 Å². The maximum absolute atomic E-state index is 13.8. The zero-order chi connectivity index (χ0) is 32.4. The highest BCUT2D eigenvalue weighted by Crippen LogP contribution is 2.47.